The highest BCUT2D eigenvalue weighted by molar-refractivity contribution is 5.92. The van der Waals surface area contributed by atoms with E-state index in [1.54, 1.807) is 91.0 Å². The summed E-state index contributed by atoms with van der Waals surface area (Å²) in [5.74, 6) is 1.07. The van der Waals surface area contributed by atoms with E-state index in [2.05, 4.69) is 10.5 Å². The number of nitrogens with zero attached hydrogens (tertiary/aromatic N) is 1. The quantitative estimate of drug-likeness (QED) is 0.0651. The zero-order valence-corrected chi connectivity index (χ0v) is 23.4. The number of rotatable bonds is 14. The highest BCUT2D eigenvalue weighted by Gasteiger charge is 2.22. The van der Waals surface area contributed by atoms with E-state index < -0.39 is 18.2 Å². The topological polar surface area (TPSA) is 105 Å². The SMILES string of the molecule is CCCOc1ccc(C(=O)Oc2ccc(/C=N\NC(=O)C(Oc3ccccc3)Oc3ccccc3)cc2OCC)cc1. The molecule has 0 aliphatic rings. The van der Waals surface area contributed by atoms with E-state index in [1.807, 2.05) is 26.0 Å². The van der Waals surface area contributed by atoms with Gasteiger partial charge in [-0.15, -0.1) is 0 Å². The van der Waals surface area contributed by atoms with E-state index in [-0.39, 0.29) is 5.75 Å². The number of hydrogen-bond donors (Lipinski definition) is 1. The Kier molecular flexibility index (Phi) is 10.9. The van der Waals surface area contributed by atoms with Crippen molar-refractivity contribution in [2.24, 2.45) is 5.10 Å². The Labute approximate surface area is 244 Å². The standard InChI is InChI=1S/C33H32N2O7/c1-3-21-39-26-18-16-25(17-19-26)32(37)42-29-20-15-24(22-30(29)38-4-2)23-34-35-31(36)33(40-27-11-7-5-8-12-27)41-28-13-9-6-10-14-28/h5-20,22-23,33H,3-4,21H2,1-2H3,(H,35,36)/b34-23-. The van der Waals surface area contributed by atoms with Gasteiger partial charge >= 0.3 is 18.2 Å². The Hall–Kier alpha value is -5.31. The Morgan fingerprint density at radius 3 is 2.00 bits per heavy atom. The molecule has 0 bridgehead atoms. The third-order valence-corrected chi connectivity index (χ3v) is 5.61. The molecule has 9 nitrogen and oxygen atoms in total. The molecule has 0 aliphatic heterocycles. The lowest BCUT2D eigenvalue weighted by Gasteiger charge is -2.18. The van der Waals surface area contributed by atoms with Crippen molar-refractivity contribution in [2.75, 3.05) is 13.2 Å². The number of para-hydroxylation sites is 2. The minimum Gasteiger partial charge on any atom is -0.494 e. The molecule has 9 heteroatoms. The Bertz CT molecular complexity index is 1420. The van der Waals surface area contributed by atoms with Crippen LogP contribution in [0, 0.1) is 0 Å². The summed E-state index contributed by atoms with van der Waals surface area (Å²) in [7, 11) is 0. The van der Waals surface area contributed by atoms with Crippen LogP contribution in [0.3, 0.4) is 0 Å². The second-order valence-electron chi connectivity index (χ2n) is 8.83. The van der Waals surface area contributed by atoms with E-state index in [1.165, 1.54) is 6.21 Å². The monoisotopic (exact) mass is 568 g/mol. The molecule has 0 saturated carbocycles. The largest absolute Gasteiger partial charge is 0.494 e. The highest BCUT2D eigenvalue weighted by Crippen LogP contribution is 2.29. The van der Waals surface area contributed by atoms with Gasteiger partial charge in [-0.3, -0.25) is 4.79 Å². The molecule has 0 unspecified atom stereocenters. The Morgan fingerprint density at radius 1 is 0.762 bits per heavy atom. The van der Waals surface area contributed by atoms with E-state index in [4.69, 9.17) is 23.7 Å². The number of carbonyl (C=O) groups excluding carboxylic acids is 2. The maximum Gasteiger partial charge on any atom is 0.343 e. The van der Waals surface area contributed by atoms with E-state index in [9.17, 15) is 9.59 Å². The lowest BCUT2D eigenvalue weighted by atomic mass is 10.2. The average molecular weight is 569 g/mol. The van der Waals surface area contributed by atoms with Crippen molar-refractivity contribution in [1.29, 1.82) is 0 Å². The molecular formula is C33H32N2O7. The summed E-state index contributed by atoms with van der Waals surface area (Å²) < 4.78 is 28.4. The second-order valence-corrected chi connectivity index (χ2v) is 8.83. The molecule has 4 rings (SSSR count). The molecule has 1 amide bonds. The average Bonchev–Trinajstić information content (AvgIpc) is 3.02. The lowest BCUT2D eigenvalue weighted by Crippen LogP contribution is -2.40. The van der Waals surface area contributed by atoms with Gasteiger partial charge in [-0.05, 0) is 85.6 Å². The van der Waals surface area contributed by atoms with Crippen molar-refractivity contribution in [3.63, 3.8) is 0 Å². The summed E-state index contributed by atoms with van der Waals surface area (Å²) >= 11 is 0. The number of benzene rings is 4. The molecule has 0 atom stereocenters. The molecule has 4 aromatic rings. The van der Waals surface area contributed by atoms with Gasteiger partial charge in [0, 0.05) is 0 Å². The second kappa shape index (κ2) is 15.5. The fourth-order valence-electron chi connectivity index (χ4n) is 3.62. The van der Waals surface area contributed by atoms with E-state index in [0.29, 0.717) is 47.3 Å². The van der Waals surface area contributed by atoms with Crippen molar-refractivity contribution in [3.05, 3.63) is 114 Å². The zero-order valence-electron chi connectivity index (χ0n) is 23.4. The van der Waals surface area contributed by atoms with Crippen molar-refractivity contribution in [2.45, 2.75) is 26.6 Å². The molecule has 0 saturated heterocycles. The summed E-state index contributed by atoms with van der Waals surface area (Å²) in [5.41, 5.74) is 3.43. The Balaban J connectivity index is 1.41. The van der Waals surface area contributed by atoms with E-state index in [0.717, 1.165) is 6.42 Å². The van der Waals surface area contributed by atoms with Gasteiger partial charge in [0.2, 0.25) is 0 Å². The first-order valence-electron chi connectivity index (χ1n) is 13.5. The first kappa shape index (κ1) is 29.7. The van der Waals surface area contributed by atoms with Crippen molar-refractivity contribution < 1.29 is 33.3 Å². The van der Waals surface area contributed by atoms with Crippen LogP contribution in [-0.4, -0.2) is 37.6 Å². The van der Waals surface area contributed by atoms with Crippen LogP contribution in [0.25, 0.3) is 0 Å². The molecule has 0 radical (unpaired) electrons. The third kappa shape index (κ3) is 8.85. The number of carbonyl (C=O) groups is 2. The van der Waals surface area contributed by atoms with Crippen LogP contribution >= 0.6 is 0 Å². The van der Waals surface area contributed by atoms with Crippen LogP contribution in [0.2, 0.25) is 0 Å². The molecule has 0 aliphatic carbocycles. The number of nitrogens with one attached hydrogen (secondary N) is 1. The van der Waals surface area contributed by atoms with Crippen LogP contribution < -0.4 is 29.1 Å². The fourth-order valence-corrected chi connectivity index (χ4v) is 3.62. The van der Waals surface area contributed by atoms with Crippen molar-refractivity contribution in [1.82, 2.24) is 5.43 Å². The van der Waals surface area contributed by atoms with E-state index >= 15 is 0 Å². The van der Waals surface area contributed by atoms with Gasteiger partial charge in [0.1, 0.15) is 17.2 Å². The predicted molar refractivity (Wildman–Crippen MR) is 158 cm³/mol. The highest BCUT2D eigenvalue weighted by atomic mass is 16.7. The molecule has 0 spiro atoms. The number of esters is 1. The van der Waals surface area contributed by atoms with Crippen LogP contribution in [0.15, 0.2) is 108 Å². The van der Waals surface area contributed by atoms with Crippen molar-refractivity contribution >= 4 is 18.1 Å². The molecule has 0 aromatic heterocycles. The van der Waals surface area contributed by atoms with Crippen LogP contribution in [0.1, 0.15) is 36.2 Å². The Morgan fingerprint density at radius 2 is 1.40 bits per heavy atom. The van der Waals surface area contributed by atoms with Gasteiger partial charge in [-0.1, -0.05) is 43.3 Å². The molecule has 42 heavy (non-hydrogen) atoms. The molecule has 0 heterocycles. The van der Waals surface area contributed by atoms with Gasteiger partial charge in [0.15, 0.2) is 11.5 Å². The first-order chi connectivity index (χ1) is 20.6. The number of ether oxygens (including phenoxy) is 5. The number of hydrazone groups is 1. The van der Waals surface area contributed by atoms with Crippen LogP contribution in [0.4, 0.5) is 0 Å². The van der Waals surface area contributed by atoms with Crippen LogP contribution in [-0.2, 0) is 4.79 Å². The summed E-state index contributed by atoms with van der Waals surface area (Å²) in [6.45, 7) is 4.79. The number of hydrogen-bond acceptors (Lipinski definition) is 8. The predicted octanol–water partition coefficient (Wildman–Crippen LogP) is 6.03. The van der Waals surface area contributed by atoms with Crippen molar-refractivity contribution in [3.8, 4) is 28.7 Å². The maximum absolute atomic E-state index is 12.9. The van der Waals surface area contributed by atoms with Crippen LogP contribution in [0.5, 0.6) is 28.7 Å². The molecular weight excluding hydrogens is 536 g/mol. The van der Waals surface area contributed by atoms with Gasteiger partial charge in [-0.25, -0.2) is 10.2 Å². The normalized spacial score (nSPS) is 10.7. The van der Waals surface area contributed by atoms with Gasteiger partial charge in [-0.2, -0.15) is 5.10 Å². The summed E-state index contributed by atoms with van der Waals surface area (Å²) in [4.78, 5) is 25.7. The maximum atomic E-state index is 12.9. The van der Waals surface area contributed by atoms with Gasteiger partial charge in [0.05, 0.1) is 25.0 Å². The smallest absolute Gasteiger partial charge is 0.343 e. The third-order valence-electron chi connectivity index (χ3n) is 5.61. The van der Waals surface area contributed by atoms with Gasteiger partial charge in [0.25, 0.3) is 0 Å². The number of amides is 1. The molecule has 0 fully saturated rings. The molecule has 4 aromatic carbocycles. The molecule has 216 valence electrons. The minimum atomic E-state index is -1.29. The first-order valence-corrected chi connectivity index (χ1v) is 13.5. The van der Waals surface area contributed by atoms with Gasteiger partial charge < -0.3 is 23.7 Å². The molecule has 1 N–H and O–H groups in total. The fraction of sp³-hybridized carbons (Fsp3) is 0.182. The summed E-state index contributed by atoms with van der Waals surface area (Å²) in [5, 5.41) is 4.05. The lowest BCUT2D eigenvalue weighted by molar-refractivity contribution is -0.140. The zero-order chi connectivity index (χ0) is 29.6. The summed E-state index contributed by atoms with van der Waals surface area (Å²) in [6, 6.07) is 29.4. The minimum absolute atomic E-state index is 0.252. The summed E-state index contributed by atoms with van der Waals surface area (Å²) in [6.07, 6.45) is 1.03.